The molecule has 1 aliphatic heterocycles. The zero-order valence-electron chi connectivity index (χ0n) is 13.9. The molecule has 3 rings (SSSR count). The second kappa shape index (κ2) is 7.97. The average Bonchev–Trinajstić information content (AvgIpc) is 2.62. The zero-order chi connectivity index (χ0) is 16.8. The summed E-state index contributed by atoms with van der Waals surface area (Å²) in [6.45, 7) is 9.29. The molecule has 3 nitrogen and oxygen atoms in total. The second-order valence-corrected chi connectivity index (χ2v) is 6.10. The predicted molar refractivity (Wildman–Crippen MR) is 95.1 cm³/mol. The van der Waals surface area contributed by atoms with Gasteiger partial charge in [-0.25, -0.2) is 4.39 Å². The normalized spacial score (nSPS) is 15.3. The van der Waals surface area contributed by atoms with E-state index in [0.29, 0.717) is 6.61 Å². The van der Waals surface area contributed by atoms with Crippen LogP contribution in [0.5, 0.6) is 5.75 Å². The summed E-state index contributed by atoms with van der Waals surface area (Å²) in [5.74, 6) is 0.769. The molecule has 0 bridgehead atoms. The molecule has 0 spiro atoms. The number of piperazine rings is 1. The standard InChI is InChI=1S/C20H23FN2O/c1-2-15-24-20-6-4-3-5-17(20)16-22-11-13-23(14-12-22)19-9-7-18(21)8-10-19/h2-10H,1,11-16H2/p+1. The summed E-state index contributed by atoms with van der Waals surface area (Å²) in [6, 6.07) is 15.0. The molecule has 0 atom stereocenters. The van der Waals surface area contributed by atoms with E-state index >= 15 is 0 Å². The summed E-state index contributed by atoms with van der Waals surface area (Å²) in [6.07, 6.45) is 1.77. The third-order valence-electron chi connectivity index (χ3n) is 4.43. The SMILES string of the molecule is C=CCOc1ccccc1C[NH+]1CCN(c2ccc(F)cc2)CC1. The highest BCUT2D eigenvalue weighted by Gasteiger charge is 2.21. The molecular weight excluding hydrogens is 303 g/mol. The number of hydrogen-bond donors (Lipinski definition) is 1. The average molecular weight is 327 g/mol. The summed E-state index contributed by atoms with van der Waals surface area (Å²) in [7, 11) is 0. The molecule has 2 aromatic carbocycles. The topological polar surface area (TPSA) is 16.9 Å². The van der Waals surface area contributed by atoms with Crippen molar-refractivity contribution in [1.82, 2.24) is 0 Å². The molecule has 24 heavy (non-hydrogen) atoms. The van der Waals surface area contributed by atoms with Crippen molar-refractivity contribution in [3.63, 3.8) is 0 Å². The first-order valence-electron chi connectivity index (χ1n) is 8.42. The number of quaternary nitrogens is 1. The molecule has 0 unspecified atom stereocenters. The van der Waals surface area contributed by atoms with E-state index < -0.39 is 0 Å². The molecular formula is C20H24FN2O+. The van der Waals surface area contributed by atoms with E-state index in [1.54, 1.807) is 11.0 Å². The van der Waals surface area contributed by atoms with E-state index in [4.69, 9.17) is 4.74 Å². The molecule has 4 heteroatoms. The minimum Gasteiger partial charge on any atom is -0.489 e. The molecule has 1 heterocycles. The van der Waals surface area contributed by atoms with E-state index in [0.717, 1.165) is 44.2 Å². The van der Waals surface area contributed by atoms with Crippen molar-refractivity contribution < 1.29 is 14.0 Å². The van der Waals surface area contributed by atoms with Gasteiger partial charge in [-0.15, -0.1) is 0 Å². The van der Waals surface area contributed by atoms with Crippen molar-refractivity contribution in [3.8, 4) is 5.75 Å². The number of ether oxygens (including phenoxy) is 1. The first kappa shape index (κ1) is 16.5. The lowest BCUT2D eigenvalue weighted by atomic mass is 10.1. The maximum absolute atomic E-state index is 13.0. The van der Waals surface area contributed by atoms with Crippen LogP contribution in [0.25, 0.3) is 0 Å². The third kappa shape index (κ3) is 4.15. The highest BCUT2D eigenvalue weighted by molar-refractivity contribution is 5.46. The molecule has 1 aliphatic rings. The number of nitrogens with one attached hydrogen (secondary N) is 1. The van der Waals surface area contributed by atoms with Crippen LogP contribution in [0, 0.1) is 5.82 Å². The molecule has 1 saturated heterocycles. The van der Waals surface area contributed by atoms with Crippen molar-refractivity contribution >= 4 is 5.69 Å². The maximum Gasteiger partial charge on any atom is 0.128 e. The highest BCUT2D eigenvalue weighted by Crippen LogP contribution is 2.18. The number of rotatable bonds is 6. The van der Waals surface area contributed by atoms with Crippen LogP contribution in [0.1, 0.15) is 5.56 Å². The Morgan fingerprint density at radius 1 is 1.08 bits per heavy atom. The van der Waals surface area contributed by atoms with Crippen LogP contribution in [0.2, 0.25) is 0 Å². The smallest absolute Gasteiger partial charge is 0.128 e. The molecule has 0 amide bonds. The molecule has 0 aromatic heterocycles. The number of hydrogen-bond acceptors (Lipinski definition) is 2. The van der Waals surface area contributed by atoms with Crippen LogP contribution in [-0.2, 0) is 6.54 Å². The monoisotopic (exact) mass is 327 g/mol. The fourth-order valence-electron chi connectivity index (χ4n) is 3.12. The van der Waals surface area contributed by atoms with Gasteiger partial charge in [-0.1, -0.05) is 24.8 Å². The van der Waals surface area contributed by atoms with Gasteiger partial charge < -0.3 is 14.5 Å². The van der Waals surface area contributed by atoms with Gasteiger partial charge in [0, 0.05) is 11.3 Å². The summed E-state index contributed by atoms with van der Waals surface area (Å²) < 4.78 is 18.8. The molecule has 1 fully saturated rings. The van der Waals surface area contributed by atoms with Crippen LogP contribution in [0.4, 0.5) is 10.1 Å². The van der Waals surface area contributed by atoms with Gasteiger partial charge in [-0.05, 0) is 36.4 Å². The molecule has 0 aliphatic carbocycles. The van der Waals surface area contributed by atoms with E-state index in [2.05, 4.69) is 23.6 Å². The van der Waals surface area contributed by atoms with Crippen molar-refractivity contribution in [2.75, 3.05) is 37.7 Å². The first-order chi connectivity index (χ1) is 11.8. The van der Waals surface area contributed by atoms with Crippen molar-refractivity contribution in [3.05, 3.63) is 72.6 Å². The fraction of sp³-hybridized carbons (Fsp3) is 0.300. The quantitative estimate of drug-likeness (QED) is 0.820. The van der Waals surface area contributed by atoms with Gasteiger partial charge in [0.1, 0.15) is 24.7 Å². The Morgan fingerprint density at radius 3 is 2.50 bits per heavy atom. The van der Waals surface area contributed by atoms with E-state index in [1.807, 2.05) is 24.3 Å². The van der Waals surface area contributed by atoms with Crippen LogP contribution in [0.3, 0.4) is 0 Å². The lowest BCUT2D eigenvalue weighted by Gasteiger charge is -2.33. The van der Waals surface area contributed by atoms with Gasteiger partial charge in [0.15, 0.2) is 0 Å². The van der Waals surface area contributed by atoms with E-state index in [9.17, 15) is 4.39 Å². The summed E-state index contributed by atoms with van der Waals surface area (Å²) in [5.41, 5.74) is 2.34. The van der Waals surface area contributed by atoms with Gasteiger partial charge in [0.05, 0.1) is 26.2 Å². The highest BCUT2D eigenvalue weighted by atomic mass is 19.1. The number of nitrogens with zero attached hydrogens (tertiary/aromatic N) is 1. The second-order valence-electron chi connectivity index (χ2n) is 6.10. The van der Waals surface area contributed by atoms with Crippen molar-refractivity contribution in [2.45, 2.75) is 6.54 Å². The van der Waals surface area contributed by atoms with Gasteiger partial charge in [-0.2, -0.15) is 0 Å². The van der Waals surface area contributed by atoms with Gasteiger partial charge in [0.25, 0.3) is 0 Å². The van der Waals surface area contributed by atoms with Crippen molar-refractivity contribution in [1.29, 1.82) is 0 Å². The van der Waals surface area contributed by atoms with Gasteiger partial charge in [-0.3, -0.25) is 0 Å². The summed E-state index contributed by atoms with van der Waals surface area (Å²) in [5, 5.41) is 0. The predicted octanol–water partition coefficient (Wildman–Crippen LogP) is 2.30. The fourth-order valence-corrected chi connectivity index (χ4v) is 3.12. The number of benzene rings is 2. The largest absolute Gasteiger partial charge is 0.489 e. The minimum absolute atomic E-state index is 0.181. The Balaban J connectivity index is 1.57. The van der Waals surface area contributed by atoms with E-state index in [-0.39, 0.29) is 5.82 Å². The Kier molecular flexibility index (Phi) is 5.49. The Bertz CT molecular complexity index is 664. The third-order valence-corrected chi connectivity index (χ3v) is 4.43. The lowest BCUT2D eigenvalue weighted by molar-refractivity contribution is -0.914. The lowest BCUT2D eigenvalue weighted by Crippen LogP contribution is -3.13. The van der Waals surface area contributed by atoms with Gasteiger partial charge >= 0.3 is 0 Å². The maximum atomic E-state index is 13.0. The van der Waals surface area contributed by atoms with Crippen LogP contribution in [-0.4, -0.2) is 32.8 Å². The Hall–Kier alpha value is -2.33. The van der Waals surface area contributed by atoms with E-state index in [1.165, 1.54) is 17.7 Å². The Labute approximate surface area is 143 Å². The number of anilines is 1. The van der Waals surface area contributed by atoms with Crippen LogP contribution >= 0.6 is 0 Å². The van der Waals surface area contributed by atoms with Gasteiger partial charge in [0.2, 0.25) is 0 Å². The summed E-state index contributed by atoms with van der Waals surface area (Å²) >= 11 is 0. The molecule has 126 valence electrons. The molecule has 0 saturated carbocycles. The first-order valence-corrected chi connectivity index (χ1v) is 8.42. The molecule has 2 aromatic rings. The molecule has 1 N–H and O–H groups in total. The Morgan fingerprint density at radius 2 is 1.79 bits per heavy atom. The number of halogens is 1. The number of para-hydroxylation sites is 1. The summed E-state index contributed by atoms with van der Waals surface area (Å²) in [4.78, 5) is 3.87. The minimum atomic E-state index is -0.181. The van der Waals surface area contributed by atoms with Crippen molar-refractivity contribution in [2.24, 2.45) is 0 Å². The van der Waals surface area contributed by atoms with Crippen LogP contribution < -0.4 is 14.5 Å². The van der Waals surface area contributed by atoms with Crippen LogP contribution in [0.15, 0.2) is 61.2 Å². The molecule has 0 radical (unpaired) electrons. The zero-order valence-corrected chi connectivity index (χ0v) is 13.9.